The van der Waals surface area contributed by atoms with Crippen LogP contribution in [0.3, 0.4) is 0 Å². The highest BCUT2D eigenvalue weighted by molar-refractivity contribution is 9.10. The summed E-state index contributed by atoms with van der Waals surface area (Å²) in [6.07, 6.45) is 1.10. The third-order valence-corrected chi connectivity index (χ3v) is 5.58. The Labute approximate surface area is 172 Å². The van der Waals surface area contributed by atoms with E-state index in [4.69, 9.17) is 16.3 Å². The van der Waals surface area contributed by atoms with Crippen molar-refractivity contribution in [1.29, 1.82) is 0 Å². The molecule has 0 atom stereocenters. The number of nitrogens with one attached hydrogen (secondary N) is 1. The molecule has 9 heteroatoms. The fourth-order valence-electron chi connectivity index (χ4n) is 2.19. The first kappa shape index (κ1) is 21.7. The Balaban J connectivity index is 1.85. The van der Waals surface area contributed by atoms with Crippen LogP contribution in [0.25, 0.3) is 0 Å². The van der Waals surface area contributed by atoms with Gasteiger partial charge in [-0.05, 0) is 49.5 Å². The van der Waals surface area contributed by atoms with Crippen LogP contribution in [0.5, 0.6) is 5.75 Å². The van der Waals surface area contributed by atoms with E-state index in [0.29, 0.717) is 13.2 Å². The molecule has 1 amide bonds. The van der Waals surface area contributed by atoms with E-state index in [0.717, 1.165) is 16.5 Å². The number of carbonyl (C=O) groups is 1. The van der Waals surface area contributed by atoms with Crippen molar-refractivity contribution in [2.45, 2.75) is 4.90 Å². The Kier molecular flexibility index (Phi) is 7.67. The SMILES string of the molecule is CN(CCOc1ccc(Br)cc1)CC(=O)Nc1cc(S(C)(=O)=O)ccc1Cl. The summed E-state index contributed by atoms with van der Waals surface area (Å²) in [4.78, 5) is 14.1. The van der Waals surface area contributed by atoms with Gasteiger partial charge in [-0.3, -0.25) is 9.69 Å². The Hall–Kier alpha value is -1.61. The highest BCUT2D eigenvalue weighted by Crippen LogP contribution is 2.25. The molecule has 0 bridgehead atoms. The van der Waals surface area contributed by atoms with Crippen molar-refractivity contribution in [1.82, 2.24) is 4.90 Å². The summed E-state index contributed by atoms with van der Waals surface area (Å²) in [5.74, 6) is 0.453. The first-order chi connectivity index (χ1) is 12.6. The van der Waals surface area contributed by atoms with Crippen LogP contribution >= 0.6 is 27.5 Å². The van der Waals surface area contributed by atoms with Gasteiger partial charge in [-0.25, -0.2) is 8.42 Å². The van der Waals surface area contributed by atoms with E-state index in [1.54, 1.807) is 11.9 Å². The first-order valence-electron chi connectivity index (χ1n) is 8.01. The van der Waals surface area contributed by atoms with Gasteiger partial charge in [0.25, 0.3) is 0 Å². The number of hydrogen-bond acceptors (Lipinski definition) is 5. The molecule has 0 aliphatic rings. The zero-order chi connectivity index (χ0) is 20.0. The predicted molar refractivity (Wildman–Crippen MR) is 110 cm³/mol. The number of sulfone groups is 1. The fourth-order valence-corrected chi connectivity index (χ4v) is 3.27. The number of anilines is 1. The van der Waals surface area contributed by atoms with Gasteiger partial charge in [-0.15, -0.1) is 0 Å². The summed E-state index contributed by atoms with van der Waals surface area (Å²) in [6.45, 7) is 1.08. The number of likely N-dealkylation sites (N-methyl/N-ethyl adjacent to an activating group) is 1. The number of ether oxygens (including phenoxy) is 1. The van der Waals surface area contributed by atoms with Crippen molar-refractivity contribution in [2.24, 2.45) is 0 Å². The van der Waals surface area contributed by atoms with Crippen molar-refractivity contribution in [3.63, 3.8) is 0 Å². The van der Waals surface area contributed by atoms with E-state index in [-0.39, 0.29) is 28.1 Å². The van der Waals surface area contributed by atoms with Crippen molar-refractivity contribution in [3.8, 4) is 5.75 Å². The number of halogens is 2. The van der Waals surface area contributed by atoms with Gasteiger partial charge < -0.3 is 10.1 Å². The summed E-state index contributed by atoms with van der Waals surface area (Å²) in [6, 6.07) is 11.7. The van der Waals surface area contributed by atoms with Crippen molar-refractivity contribution < 1.29 is 17.9 Å². The van der Waals surface area contributed by atoms with Crippen molar-refractivity contribution in [3.05, 3.63) is 52.0 Å². The number of hydrogen-bond donors (Lipinski definition) is 1. The molecule has 146 valence electrons. The normalized spacial score (nSPS) is 11.4. The quantitative estimate of drug-likeness (QED) is 0.633. The second-order valence-corrected chi connectivity index (χ2v) is 9.34. The lowest BCUT2D eigenvalue weighted by Crippen LogP contribution is -2.33. The topological polar surface area (TPSA) is 75.7 Å². The molecule has 0 unspecified atom stereocenters. The predicted octanol–water partition coefficient (Wildman–Crippen LogP) is 3.46. The lowest BCUT2D eigenvalue weighted by atomic mass is 10.3. The maximum absolute atomic E-state index is 12.2. The Morgan fingerprint density at radius 3 is 2.52 bits per heavy atom. The van der Waals surface area contributed by atoms with Crippen LogP contribution in [0.1, 0.15) is 0 Å². The van der Waals surface area contributed by atoms with Gasteiger partial charge in [0.2, 0.25) is 5.91 Å². The number of carbonyl (C=O) groups excluding carboxylic acids is 1. The van der Waals surface area contributed by atoms with Crippen LogP contribution in [0.2, 0.25) is 5.02 Å². The van der Waals surface area contributed by atoms with E-state index in [2.05, 4.69) is 21.2 Å². The zero-order valence-corrected chi connectivity index (χ0v) is 18.1. The number of benzene rings is 2. The minimum Gasteiger partial charge on any atom is -0.492 e. The molecule has 0 fully saturated rings. The minimum atomic E-state index is -3.38. The molecule has 6 nitrogen and oxygen atoms in total. The van der Waals surface area contributed by atoms with Gasteiger partial charge >= 0.3 is 0 Å². The molecule has 2 rings (SSSR count). The molecule has 0 spiro atoms. The van der Waals surface area contributed by atoms with Gasteiger partial charge in [0.15, 0.2) is 9.84 Å². The van der Waals surface area contributed by atoms with Crippen LogP contribution in [0, 0.1) is 0 Å². The molecule has 0 heterocycles. The Morgan fingerprint density at radius 2 is 1.89 bits per heavy atom. The van der Waals surface area contributed by atoms with Crippen LogP contribution in [0.4, 0.5) is 5.69 Å². The molecule has 0 radical (unpaired) electrons. The standard InChI is InChI=1S/C18H20BrClN2O4S/c1-22(9-10-26-14-5-3-13(19)4-6-14)12-18(23)21-17-11-15(27(2,24)25)7-8-16(17)20/h3-8,11H,9-10,12H2,1-2H3,(H,21,23). The van der Waals surface area contributed by atoms with Crippen LogP contribution in [-0.2, 0) is 14.6 Å². The van der Waals surface area contributed by atoms with E-state index >= 15 is 0 Å². The molecular weight excluding hydrogens is 456 g/mol. The molecule has 1 N–H and O–H groups in total. The largest absolute Gasteiger partial charge is 0.492 e. The smallest absolute Gasteiger partial charge is 0.238 e. The van der Waals surface area contributed by atoms with Gasteiger partial charge in [0, 0.05) is 17.3 Å². The molecule has 27 heavy (non-hydrogen) atoms. The van der Waals surface area contributed by atoms with Crippen LogP contribution in [-0.4, -0.2) is 52.2 Å². The molecule has 0 aliphatic heterocycles. The third-order valence-electron chi connectivity index (χ3n) is 3.61. The third kappa shape index (κ3) is 7.14. The molecule has 0 saturated heterocycles. The highest BCUT2D eigenvalue weighted by Gasteiger charge is 2.13. The van der Waals surface area contributed by atoms with E-state index in [1.807, 2.05) is 24.3 Å². The van der Waals surface area contributed by atoms with Gasteiger partial charge in [-0.1, -0.05) is 27.5 Å². The summed E-state index contributed by atoms with van der Waals surface area (Å²) < 4.78 is 29.9. The van der Waals surface area contributed by atoms with E-state index in [9.17, 15) is 13.2 Å². The molecular formula is C18H20BrClN2O4S. The Bertz CT molecular complexity index is 904. The number of amides is 1. The number of nitrogens with zero attached hydrogens (tertiary/aromatic N) is 1. The van der Waals surface area contributed by atoms with Crippen molar-refractivity contribution in [2.75, 3.05) is 38.3 Å². The lowest BCUT2D eigenvalue weighted by Gasteiger charge is -2.17. The monoisotopic (exact) mass is 474 g/mol. The van der Waals surface area contributed by atoms with Crippen LogP contribution < -0.4 is 10.1 Å². The molecule has 2 aromatic rings. The minimum absolute atomic E-state index is 0.0958. The first-order valence-corrected chi connectivity index (χ1v) is 11.1. The van der Waals surface area contributed by atoms with Gasteiger partial charge in [0.1, 0.15) is 12.4 Å². The van der Waals surface area contributed by atoms with E-state index in [1.165, 1.54) is 18.2 Å². The van der Waals surface area contributed by atoms with E-state index < -0.39 is 9.84 Å². The summed E-state index contributed by atoms with van der Waals surface area (Å²) in [5, 5.41) is 2.92. The lowest BCUT2D eigenvalue weighted by molar-refractivity contribution is -0.117. The Morgan fingerprint density at radius 1 is 1.22 bits per heavy atom. The molecule has 0 aromatic heterocycles. The maximum atomic E-state index is 12.2. The highest BCUT2D eigenvalue weighted by atomic mass is 79.9. The maximum Gasteiger partial charge on any atom is 0.238 e. The molecule has 0 saturated carbocycles. The summed E-state index contributed by atoms with van der Waals surface area (Å²) in [5.41, 5.74) is 0.268. The fraction of sp³-hybridized carbons (Fsp3) is 0.278. The average molecular weight is 476 g/mol. The summed E-state index contributed by atoms with van der Waals surface area (Å²) >= 11 is 9.40. The molecule has 2 aromatic carbocycles. The second-order valence-electron chi connectivity index (χ2n) is 6.00. The molecule has 0 aliphatic carbocycles. The number of rotatable bonds is 8. The average Bonchev–Trinajstić information content (AvgIpc) is 2.57. The second kappa shape index (κ2) is 9.54. The van der Waals surface area contributed by atoms with Crippen LogP contribution in [0.15, 0.2) is 51.8 Å². The summed E-state index contributed by atoms with van der Waals surface area (Å²) in [7, 11) is -1.59. The van der Waals surface area contributed by atoms with Crippen molar-refractivity contribution >= 4 is 49.0 Å². The zero-order valence-electron chi connectivity index (χ0n) is 14.9. The van der Waals surface area contributed by atoms with Gasteiger partial charge in [-0.2, -0.15) is 0 Å². The van der Waals surface area contributed by atoms with Gasteiger partial charge in [0.05, 0.1) is 22.2 Å².